The summed E-state index contributed by atoms with van der Waals surface area (Å²) in [6.07, 6.45) is 1.12. The summed E-state index contributed by atoms with van der Waals surface area (Å²) in [4.78, 5) is 27.3. The maximum Gasteiger partial charge on any atom is 0.265 e. The number of amides is 2. The van der Waals surface area contributed by atoms with Crippen LogP contribution >= 0.6 is 0 Å². The summed E-state index contributed by atoms with van der Waals surface area (Å²) < 4.78 is 34.0. The Bertz CT molecular complexity index is 1270. The van der Waals surface area contributed by atoms with Crippen LogP contribution in [0.15, 0.2) is 41.3 Å². The van der Waals surface area contributed by atoms with E-state index in [9.17, 15) is 18.0 Å². The van der Waals surface area contributed by atoms with Gasteiger partial charge >= 0.3 is 0 Å². The van der Waals surface area contributed by atoms with E-state index < -0.39 is 16.1 Å². The molecule has 3 aliphatic heterocycles. The van der Waals surface area contributed by atoms with Crippen LogP contribution in [0.3, 0.4) is 0 Å². The van der Waals surface area contributed by atoms with Crippen molar-refractivity contribution in [3.8, 4) is 5.75 Å². The van der Waals surface area contributed by atoms with E-state index >= 15 is 0 Å². The van der Waals surface area contributed by atoms with Gasteiger partial charge in [0.2, 0.25) is 15.9 Å². The molecule has 34 heavy (non-hydrogen) atoms. The predicted molar refractivity (Wildman–Crippen MR) is 128 cm³/mol. The Hall–Kier alpha value is -2.91. The lowest BCUT2D eigenvalue weighted by molar-refractivity contribution is -0.124. The smallest absolute Gasteiger partial charge is 0.265 e. The zero-order valence-corrected chi connectivity index (χ0v) is 20.4. The largest absolute Gasteiger partial charge is 0.479 e. The third kappa shape index (κ3) is 3.76. The highest BCUT2D eigenvalue weighted by molar-refractivity contribution is 7.89. The van der Waals surface area contributed by atoms with E-state index in [1.165, 1.54) is 15.9 Å². The molecule has 0 unspecified atom stereocenters. The Balaban J connectivity index is 1.32. The molecule has 1 fully saturated rings. The normalized spacial score (nSPS) is 23.1. The highest BCUT2D eigenvalue weighted by atomic mass is 32.2. The highest BCUT2D eigenvalue weighted by Crippen LogP contribution is 2.38. The van der Waals surface area contributed by atoms with Crippen LogP contribution in [0.25, 0.3) is 0 Å². The van der Waals surface area contributed by atoms with Crippen LogP contribution in [0, 0.1) is 12.8 Å². The summed E-state index contributed by atoms with van der Waals surface area (Å²) in [6.45, 7) is 5.95. The number of ether oxygens (including phenoxy) is 1. The number of sulfonamides is 1. The first-order valence-corrected chi connectivity index (χ1v) is 13.1. The van der Waals surface area contributed by atoms with Gasteiger partial charge in [-0.1, -0.05) is 18.2 Å². The van der Waals surface area contributed by atoms with Gasteiger partial charge in [-0.05, 0) is 63.3 Å². The van der Waals surface area contributed by atoms with Crippen molar-refractivity contribution in [2.24, 2.45) is 5.92 Å². The van der Waals surface area contributed by atoms with Crippen molar-refractivity contribution in [2.45, 2.75) is 57.1 Å². The third-order valence-electron chi connectivity index (χ3n) is 7.07. The number of carbonyl (C=O) groups excluding carboxylic acids is 2. The summed E-state index contributed by atoms with van der Waals surface area (Å²) in [5, 5.41) is 2.75. The molecule has 2 aromatic rings. The zero-order valence-electron chi connectivity index (χ0n) is 19.6. The minimum absolute atomic E-state index is 0.0811. The average molecular weight is 484 g/mol. The molecule has 9 heteroatoms. The summed E-state index contributed by atoms with van der Waals surface area (Å²) in [5.41, 5.74) is 3.17. The van der Waals surface area contributed by atoms with Gasteiger partial charge in [-0.25, -0.2) is 8.42 Å². The molecule has 2 aromatic carbocycles. The van der Waals surface area contributed by atoms with Gasteiger partial charge in [0, 0.05) is 36.8 Å². The molecule has 3 aliphatic rings. The molecular formula is C25H29N3O5S. The van der Waals surface area contributed by atoms with Crippen molar-refractivity contribution in [1.82, 2.24) is 4.31 Å². The lowest BCUT2D eigenvalue weighted by Gasteiger charge is -2.34. The van der Waals surface area contributed by atoms with Crippen LogP contribution < -0.4 is 15.0 Å². The minimum Gasteiger partial charge on any atom is -0.479 e. The van der Waals surface area contributed by atoms with E-state index in [2.05, 4.69) is 18.3 Å². The van der Waals surface area contributed by atoms with Crippen molar-refractivity contribution in [3.63, 3.8) is 0 Å². The fourth-order valence-electron chi connectivity index (χ4n) is 5.20. The predicted octanol–water partition coefficient (Wildman–Crippen LogP) is 3.09. The zero-order chi connectivity index (χ0) is 24.2. The molecule has 0 aliphatic carbocycles. The molecule has 1 N–H and O–H groups in total. The van der Waals surface area contributed by atoms with Crippen molar-refractivity contribution in [3.05, 3.63) is 47.5 Å². The first kappa shape index (κ1) is 22.9. The molecule has 0 bridgehead atoms. The highest BCUT2D eigenvalue weighted by Gasteiger charge is 2.39. The Morgan fingerprint density at radius 2 is 1.82 bits per heavy atom. The van der Waals surface area contributed by atoms with Gasteiger partial charge in [-0.2, -0.15) is 4.31 Å². The first-order valence-electron chi connectivity index (χ1n) is 11.7. The number of hydrogen-bond acceptors (Lipinski definition) is 5. The first-order chi connectivity index (χ1) is 16.2. The van der Waals surface area contributed by atoms with Crippen molar-refractivity contribution in [2.75, 3.05) is 23.3 Å². The number of benzene rings is 2. The van der Waals surface area contributed by atoms with Gasteiger partial charge in [0.15, 0.2) is 6.10 Å². The topological polar surface area (TPSA) is 96.0 Å². The SMILES string of the molecule is Cc1cc2c(cc1S(=O)(=O)N1CCC(C(=O)N3c4ccccc4C[C@H]3C)CC1)O[C@@H](C)C(=O)N2. The van der Waals surface area contributed by atoms with Crippen LogP contribution in [0.5, 0.6) is 5.75 Å². The van der Waals surface area contributed by atoms with E-state index in [0.29, 0.717) is 29.8 Å². The van der Waals surface area contributed by atoms with E-state index in [-0.39, 0.29) is 41.8 Å². The summed E-state index contributed by atoms with van der Waals surface area (Å²) >= 11 is 0. The van der Waals surface area contributed by atoms with Gasteiger partial charge in [-0.15, -0.1) is 0 Å². The van der Waals surface area contributed by atoms with Crippen LogP contribution in [0.1, 0.15) is 37.8 Å². The second-order valence-corrected chi connectivity index (χ2v) is 11.3. The van der Waals surface area contributed by atoms with Gasteiger partial charge < -0.3 is 15.0 Å². The summed E-state index contributed by atoms with van der Waals surface area (Å²) in [5.74, 6) is -0.0334. The standard InChI is InChI=1S/C25H29N3O5S/c1-15-12-20-22(33-17(3)24(29)26-20)14-23(15)34(31,32)27-10-8-18(9-11-27)25(30)28-16(2)13-19-6-4-5-7-21(19)28/h4-7,12,14,16-18H,8-11,13H2,1-3H3,(H,26,29)/t16-,17+/m1/s1. The lowest BCUT2D eigenvalue weighted by Crippen LogP contribution is -2.46. The number of hydrogen-bond donors (Lipinski definition) is 1. The molecule has 180 valence electrons. The fraction of sp³-hybridized carbons (Fsp3) is 0.440. The molecule has 5 rings (SSSR count). The molecule has 3 heterocycles. The van der Waals surface area contributed by atoms with Crippen molar-refractivity contribution < 1.29 is 22.7 Å². The number of piperidine rings is 1. The molecule has 0 aromatic heterocycles. The quantitative estimate of drug-likeness (QED) is 0.724. The Kier molecular flexibility index (Phi) is 5.64. The number of rotatable bonds is 3. The Labute approximate surface area is 199 Å². The Morgan fingerprint density at radius 3 is 2.56 bits per heavy atom. The van der Waals surface area contributed by atoms with Crippen LogP contribution in [0.4, 0.5) is 11.4 Å². The third-order valence-corrected chi connectivity index (χ3v) is 9.11. The Morgan fingerprint density at radius 1 is 1.12 bits per heavy atom. The monoisotopic (exact) mass is 483 g/mol. The summed E-state index contributed by atoms with van der Waals surface area (Å²) in [6, 6.07) is 11.2. The molecular weight excluding hydrogens is 454 g/mol. The van der Waals surface area contributed by atoms with Gasteiger partial charge in [0.25, 0.3) is 5.91 Å². The van der Waals surface area contributed by atoms with Crippen molar-refractivity contribution >= 4 is 33.2 Å². The number of fused-ring (bicyclic) bond motifs is 2. The number of anilines is 2. The molecule has 1 saturated heterocycles. The van der Waals surface area contributed by atoms with Crippen molar-refractivity contribution in [1.29, 1.82) is 0 Å². The molecule has 0 saturated carbocycles. The number of nitrogens with zero attached hydrogens (tertiary/aromatic N) is 2. The second kappa shape index (κ2) is 8.39. The number of aryl methyl sites for hydroxylation is 1. The molecule has 2 amide bonds. The van der Waals surface area contributed by atoms with E-state index in [0.717, 1.165) is 12.1 Å². The molecule has 0 spiro atoms. The van der Waals surface area contributed by atoms with E-state index in [1.807, 2.05) is 23.1 Å². The number of carbonyl (C=O) groups is 2. The summed E-state index contributed by atoms with van der Waals surface area (Å²) in [7, 11) is -3.77. The van der Waals surface area contributed by atoms with Gasteiger partial charge in [0.05, 0.1) is 10.6 Å². The number of para-hydroxylation sites is 1. The lowest BCUT2D eigenvalue weighted by atomic mass is 9.96. The average Bonchev–Trinajstić information content (AvgIpc) is 3.15. The molecule has 0 radical (unpaired) electrons. The number of nitrogens with one attached hydrogen (secondary N) is 1. The maximum atomic E-state index is 13.5. The van der Waals surface area contributed by atoms with Gasteiger partial charge in [0.1, 0.15) is 5.75 Å². The molecule has 2 atom stereocenters. The minimum atomic E-state index is -3.77. The molecule has 8 nitrogen and oxygen atoms in total. The maximum absolute atomic E-state index is 13.5. The second-order valence-electron chi connectivity index (χ2n) is 9.43. The fourth-order valence-corrected chi connectivity index (χ4v) is 6.89. The van der Waals surface area contributed by atoms with E-state index in [4.69, 9.17) is 4.74 Å². The van der Waals surface area contributed by atoms with Gasteiger partial charge in [-0.3, -0.25) is 9.59 Å². The van der Waals surface area contributed by atoms with E-state index in [1.54, 1.807) is 19.9 Å². The van der Waals surface area contributed by atoms with Crippen LogP contribution in [-0.2, 0) is 26.0 Å². The van der Waals surface area contributed by atoms with Crippen LogP contribution in [-0.4, -0.2) is 49.8 Å². The van der Waals surface area contributed by atoms with Crippen LogP contribution in [0.2, 0.25) is 0 Å².